The molecule has 0 N–H and O–H groups in total. The molecule has 0 aromatic heterocycles. The van der Waals surface area contributed by atoms with Crippen molar-refractivity contribution in [2.24, 2.45) is 0 Å². The summed E-state index contributed by atoms with van der Waals surface area (Å²) in [6.07, 6.45) is 6.03. The molecule has 0 amide bonds. The zero-order chi connectivity index (χ0) is 35.1. The summed E-state index contributed by atoms with van der Waals surface area (Å²) in [6, 6.07) is 57.4. The van der Waals surface area contributed by atoms with Gasteiger partial charge < -0.3 is 0 Å². The Morgan fingerprint density at radius 3 is 0.440 bits per heavy atom. The van der Waals surface area contributed by atoms with Crippen molar-refractivity contribution in [1.29, 1.82) is 0 Å². The van der Waals surface area contributed by atoms with E-state index in [-0.39, 0.29) is 0 Å². The summed E-state index contributed by atoms with van der Waals surface area (Å²) in [4.78, 5) is 0. The van der Waals surface area contributed by atoms with Gasteiger partial charge in [-0.3, -0.25) is 0 Å². The quantitative estimate of drug-likeness (QED) is 0.109. The number of hydrogen-bond donors (Lipinski definition) is 0. The summed E-state index contributed by atoms with van der Waals surface area (Å²) >= 11 is 0. The van der Waals surface area contributed by atoms with Crippen LogP contribution in [0.5, 0.6) is 0 Å². The van der Waals surface area contributed by atoms with Crippen LogP contribution in [0.15, 0.2) is 146 Å². The molecular weight excluding hydrogens is 601 g/mol. The van der Waals surface area contributed by atoms with Gasteiger partial charge in [0.25, 0.3) is 0 Å². The van der Waals surface area contributed by atoms with Crippen molar-refractivity contribution in [1.82, 2.24) is 0 Å². The standard InChI is InChI=1S/C50H54/c1-7-37-13-25-43(26-14-37)49(44-27-15-38(8-2)16-28-44,45-29-17-39(9-3)18-30-45)50(46-31-19-40(10-4)20-32-46,47-33-21-41(11-5)22-34-47)48-35-23-42(12-6)24-36-48/h13-36H,7-12H2,1-6H3. The van der Waals surface area contributed by atoms with Gasteiger partial charge in [-0.25, -0.2) is 0 Å². The molecule has 0 unspecified atom stereocenters. The van der Waals surface area contributed by atoms with Gasteiger partial charge in [0.15, 0.2) is 0 Å². The van der Waals surface area contributed by atoms with Crippen LogP contribution in [0.25, 0.3) is 0 Å². The van der Waals surface area contributed by atoms with Crippen molar-refractivity contribution in [3.63, 3.8) is 0 Å². The fourth-order valence-corrected chi connectivity index (χ4v) is 8.24. The first-order chi connectivity index (χ1) is 24.5. The molecule has 0 nitrogen and oxygen atoms in total. The van der Waals surface area contributed by atoms with Crippen molar-refractivity contribution >= 4 is 0 Å². The molecule has 0 atom stereocenters. The van der Waals surface area contributed by atoms with Crippen LogP contribution in [-0.4, -0.2) is 0 Å². The minimum Gasteiger partial charge on any atom is -0.0613 e. The predicted molar refractivity (Wildman–Crippen MR) is 215 cm³/mol. The highest BCUT2D eigenvalue weighted by molar-refractivity contribution is 5.68. The summed E-state index contributed by atoms with van der Waals surface area (Å²) in [5.41, 5.74) is 14.6. The van der Waals surface area contributed by atoms with Gasteiger partial charge in [-0.2, -0.15) is 0 Å². The van der Waals surface area contributed by atoms with E-state index in [1.165, 1.54) is 66.8 Å². The molecule has 0 heteroatoms. The highest BCUT2D eigenvalue weighted by atomic mass is 14.6. The lowest BCUT2D eigenvalue weighted by atomic mass is 9.47. The number of hydrogen-bond acceptors (Lipinski definition) is 0. The van der Waals surface area contributed by atoms with E-state index in [4.69, 9.17) is 0 Å². The van der Waals surface area contributed by atoms with Gasteiger partial charge in [-0.15, -0.1) is 0 Å². The molecule has 0 bridgehead atoms. The van der Waals surface area contributed by atoms with E-state index in [1.54, 1.807) is 0 Å². The Kier molecular flexibility index (Phi) is 10.9. The largest absolute Gasteiger partial charge is 0.0629 e. The Balaban J connectivity index is 1.91. The Morgan fingerprint density at radius 1 is 0.220 bits per heavy atom. The molecule has 0 radical (unpaired) electrons. The van der Waals surface area contributed by atoms with Gasteiger partial charge in [-0.05, 0) is 105 Å². The fraction of sp³-hybridized carbons (Fsp3) is 0.280. The van der Waals surface area contributed by atoms with Crippen LogP contribution in [0.3, 0.4) is 0 Å². The highest BCUT2D eigenvalue weighted by Crippen LogP contribution is 2.60. The van der Waals surface area contributed by atoms with Crippen LogP contribution >= 0.6 is 0 Å². The van der Waals surface area contributed by atoms with Crippen molar-refractivity contribution in [2.45, 2.75) is 90.9 Å². The number of rotatable bonds is 13. The van der Waals surface area contributed by atoms with Gasteiger partial charge >= 0.3 is 0 Å². The van der Waals surface area contributed by atoms with E-state index in [0.717, 1.165) is 38.5 Å². The molecule has 6 rings (SSSR count). The minimum absolute atomic E-state index is 0.646. The van der Waals surface area contributed by atoms with E-state index in [1.807, 2.05) is 0 Å². The molecule has 0 fully saturated rings. The normalized spacial score (nSPS) is 11.9. The summed E-state index contributed by atoms with van der Waals surface area (Å²) in [7, 11) is 0. The van der Waals surface area contributed by atoms with E-state index >= 15 is 0 Å². The Bertz CT molecular complexity index is 1560. The smallest absolute Gasteiger partial charge is 0.0613 e. The summed E-state index contributed by atoms with van der Waals surface area (Å²) in [5.74, 6) is 0. The molecule has 0 spiro atoms. The molecule has 0 aliphatic carbocycles. The highest BCUT2D eigenvalue weighted by Gasteiger charge is 2.57. The lowest BCUT2D eigenvalue weighted by Crippen LogP contribution is -2.52. The monoisotopic (exact) mass is 654 g/mol. The van der Waals surface area contributed by atoms with Crippen molar-refractivity contribution < 1.29 is 0 Å². The molecule has 0 aliphatic heterocycles. The van der Waals surface area contributed by atoms with E-state index in [9.17, 15) is 0 Å². The molecule has 0 heterocycles. The van der Waals surface area contributed by atoms with E-state index < -0.39 is 10.8 Å². The summed E-state index contributed by atoms with van der Waals surface area (Å²) in [5, 5.41) is 0. The SMILES string of the molecule is CCc1ccc(C(c2ccc(CC)cc2)(c2ccc(CC)cc2)C(c2ccc(CC)cc2)(c2ccc(CC)cc2)c2ccc(CC)cc2)cc1. The third-order valence-corrected chi connectivity index (χ3v) is 11.3. The Morgan fingerprint density at radius 2 is 0.340 bits per heavy atom. The molecule has 0 saturated heterocycles. The third-order valence-electron chi connectivity index (χ3n) is 11.3. The second kappa shape index (κ2) is 15.5. The lowest BCUT2D eigenvalue weighted by Gasteiger charge is -2.54. The fourth-order valence-electron chi connectivity index (χ4n) is 8.24. The topological polar surface area (TPSA) is 0 Å². The molecule has 254 valence electrons. The van der Waals surface area contributed by atoms with Crippen LogP contribution < -0.4 is 0 Å². The first kappa shape index (κ1) is 35.2. The summed E-state index contributed by atoms with van der Waals surface area (Å²) < 4.78 is 0. The van der Waals surface area contributed by atoms with Gasteiger partial charge in [0.1, 0.15) is 0 Å². The molecule has 6 aromatic carbocycles. The van der Waals surface area contributed by atoms with Gasteiger partial charge in [0.2, 0.25) is 0 Å². The van der Waals surface area contributed by atoms with E-state index in [0.29, 0.717) is 0 Å². The van der Waals surface area contributed by atoms with Gasteiger partial charge in [0, 0.05) is 0 Å². The predicted octanol–water partition coefficient (Wildman–Crippen LogP) is 12.4. The molecule has 0 aliphatic rings. The molecule has 0 saturated carbocycles. The maximum absolute atomic E-state index is 2.43. The van der Waals surface area contributed by atoms with Crippen LogP contribution in [0.2, 0.25) is 0 Å². The maximum atomic E-state index is 2.43. The third kappa shape index (κ3) is 6.15. The maximum Gasteiger partial charge on any atom is 0.0629 e. The Hall–Kier alpha value is -4.68. The summed E-state index contributed by atoms with van der Waals surface area (Å²) in [6.45, 7) is 13.5. The van der Waals surface area contributed by atoms with Crippen molar-refractivity contribution in [3.8, 4) is 0 Å². The van der Waals surface area contributed by atoms with E-state index in [2.05, 4.69) is 187 Å². The second-order valence-electron chi connectivity index (χ2n) is 13.8. The minimum atomic E-state index is -0.646. The molecule has 6 aromatic rings. The molecule has 50 heavy (non-hydrogen) atoms. The van der Waals surface area contributed by atoms with Crippen LogP contribution in [-0.2, 0) is 49.4 Å². The number of benzene rings is 6. The van der Waals surface area contributed by atoms with Gasteiger partial charge in [-0.1, -0.05) is 187 Å². The van der Waals surface area contributed by atoms with Crippen LogP contribution in [0.4, 0.5) is 0 Å². The first-order valence-electron chi connectivity index (χ1n) is 19.0. The van der Waals surface area contributed by atoms with Crippen molar-refractivity contribution in [3.05, 3.63) is 212 Å². The average molecular weight is 655 g/mol. The van der Waals surface area contributed by atoms with Crippen LogP contribution in [0.1, 0.15) is 108 Å². The zero-order valence-corrected chi connectivity index (χ0v) is 31.1. The second-order valence-corrected chi connectivity index (χ2v) is 13.8. The first-order valence-corrected chi connectivity index (χ1v) is 19.0. The van der Waals surface area contributed by atoms with Gasteiger partial charge in [0.05, 0.1) is 10.8 Å². The van der Waals surface area contributed by atoms with Crippen LogP contribution in [0, 0.1) is 0 Å². The zero-order valence-electron chi connectivity index (χ0n) is 31.1. The molecular formula is C50H54. The van der Waals surface area contributed by atoms with Crippen molar-refractivity contribution in [2.75, 3.05) is 0 Å². The average Bonchev–Trinajstić information content (AvgIpc) is 3.20. The number of aryl methyl sites for hydroxylation is 6. The lowest BCUT2D eigenvalue weighted by molar-refractivity contribution is 0.419. The Labute approximate surface area is 302 Å².